The highest BCUT2D eigenvalue weighted by molar-refractivity contribution is 7.10. The molecule has 2 aromatic heterocycles. The molecule has 2 aromatic carbocycles. The molecule has 4 aromatic rings. The van der Waals surface area contributed by atoms with Gasteiger partial charge in [0.25, 0.3) is 0 Å². The molecule has 9 heteroatoms. The molecule has 0 bridgehead atoms. The van der Waals surface area contributed by atoms with Crippen LogP contribution >= 0.6 is 11.3 Å². The number of anilines is 1. The average molecular weight is 519 g/mol. The lowest BCUT2D eigenvalue weighted by Gasteiger charge is -2.36. The smallest absolute Gasteiger partial charge is 0.358 e. The highest BCUT2D eigenvalue weighted by Crippen LogP contribution is 2.28. The van der Waals surface area contributed by atoms with Gasteiger partial charge in [0.1, 0.15) is 5.82 Å². The average Bonchev–Trinajstić information content (AvgIpc) is 3.60. The van der Waals surface area contributed by atoms with E-state index in [1.165, 1.54) is 12.1 Å². The molecule has 0 atom stereocenters. The van der Waals surface area contributed by atoms with E-state index >= 15 is 0 Å². The van der Waals surface area contributed by atoms with Crippen LogP contribution in [0.15, 0.2) is 72.1 Å². The molecule has 0 N–H and O–H groups in total. The van der Waals surface area contributed by atoms with Gasteiger partial charge in [0, 0.05) is 42.3 Å². The van der Waals surface area contributed by atoms with Crippen molar-refractivity contribution in [2.75, 3.05) is 37.7 Å². The Bertz CT molecular complexity index is 1380. The molecular formula is C28H27FN4O3S. The molecule has 0 aliphatic carbocycles. The molecule has 190 valence electrons. The van der Waals surface area contributed by atoms with Crippen molar-refractivity contribution in [3.63, 3.8) is 0 Å². The molecule has 1 aliphatic rings. The number of ether oxygens (including phenoxy) is 1. The maximum atomic E-state index is 13.9. The van der Waals surface area contributed by atoms with Crippen molar-refractivity contribution in [3.05, 3.63) is 88.5 Å². The van der Waals surface area contributed by atoms with Gasteiger partial charge in [0.05, 0.1) is 24.4 Å². The molecule has 0 radical (unpaired) electrons. The van der Waals surface area contributed by atoms with E-state index in [1.807, 2.05) is 46.7 Å². The first kappa shape index (κ1) is 24.7. The summed E-state index contributed by atoms with van der Waals surface area (Å²) in [7, 11) is 0. The molecule has 1 saturated heterocycles. The second-order valence-electron chi connectivity index (χ2n) is 8.70. The van der Waals surface area contributed by atoms with Crippen molar-refractivity contribution in [2.24, 2.45) is 0 Å². The Labute approximate surface area is 218 Å². The third kappa shape index (κ3) is 5.56. The lowest BCUT2D eigenvalue weighted by molar-refractivity contribution is -0.130. The zero-order chi connectivity index (χ0) is 25.8. The van der Waals surface area contributed by atoms with Gasteiger partial charge in [0.15, 0.2) is 5.69 Å². The fraction of sp³-hybridized carbons (Fsp3) is 0.250. The number of benzene rings is 2. The van der Waals surface area contributed by atoms with Crippen LogP contribution in [0.2, 0.25) is 0 Å². The van der Waals surface area contributed by atoms with E-state index in [0.29, 0.717) is 30.9 Å². The highest BCUT2D eigenvalue weighted by Gasteiger charge is 2.22. The van der Waals surface area contributed by atoms with E-state index < -0.39 is 5.97 Å². The Morgan fingerprint density at radius 2 is 1.76 bits per heavy atom. The van der Waals surface area contributed by atoms with Gasteiger partial charge in [-0.1, -0.05) is 24.3 Å². The summed E-state index contributed by atoms with van der Waals surface area (Å²) in [5.74, 6) is -0.748. The predicted molar refractivity (Wildman–Crippen MR) is 142 cm³/mol. The number of thiophene rings is 1. The maximum absolute atomic E-state index is 13.9. The summed E-state index contributed by atoms with van der Waals surface area (Å²) in [5, 5.41) is 6.40. The number of halogens is 1. The van der Waals surface area contributed by atoms with Gasteiger partial charge >= 0.3 is 5.97 Å². The molecule has 0 saturated carbocycles. The van der Waals surface area contributed by atoms with Crippen molar-refractivity contribution >= 4 is 28.9 Å². The molecule has 0 spiro atoms. The molecule has 37 heavy (non-hydrogen) atoms. The lowest BCUT2D eigenvalue weighted by atomic mass is 10.1. The van der Waals surface area contributed by atoms with Crippen molar-refractivity contribution in [1.82, 2.24) is 14.7 Å². The Morgan fingerprint density at radius 1 is 0.973 bits per heavy atom. The van der Waals surface area contributed by atoms with Crippen LogP contribution in [-0.2, 0) is 16.0 Å². The minimum absolute atomic E-state index is 0.161. The Kier molecular flexibility index (Phi) is 7.32. The Balaban J connectivity index is 1.32. The molecule has 1 fully saturated rings. The normalized spacial score (nSPS) is 13.6. The number of nitrogens with zero attached hydrogens (tertiary/aromatic N) is 4. The maximum Gasteiger partial charge on any atom is 0.358 e. The summed E-state index contributed by atoms with van der Waals surface area (Å²) in [6.45, 7) is 4.85. The van der Waals surface area contributed by atoms with Crippen LogP contribution in [0.4, 0.5) is 10.1 Å². The molecule has 1 amide bonds. The molecule has 1 aliphatic heterocycles. The van der Waals surface area contributed by atoms with E-state index in [1.54, 1.807) is 41.1 Å². The molecule has 0 unspecified atom stereocenters. The Morgan fingerprint density at radius 3 is 2.43 bits per heavy atom. The molecule has 3 heterocycles. The van der Waals surface area contributed by atoms with Crippen LogP contribution in [0.3, 0.4) is 0 Å². The van der Waals surface area contributed by atoms with Gasteiger partial charge < -0.3 is 14.5 Å². The zero-order valence-electron chi connectivity index (χ0n) is 20.5. The number of esters is 1. The Hall–Kier alpha value is -3.98. The van der Waals surface area contributed by atoms with Crippen LogP contribution < -0.4 is 4.90 Å². The summed E-state index contributed by atoms with van der Waals surface area (Å²) in [6.07, 6.45) is 0.457. The number of hydrogen-bond acceptors (Lipinski definition) is 6. The van der Waals surface area contributed by atoms with Crippen LogP contribution in [0.5, 0.6) is 0 Å². The summed E-state index contributed by atoms with van der Waals surface area (Å²) >= 11 is 1.61. The van der Waals surface area contributed by atoms with Gasteiger partial charge in [-0.2, -0.15) is 5.10 Å². The standard InChI is InChI=1S/C28H27FN4O3S/c1-2-36-28(35)25-19-26(33(30-25)23-6-3-5-21(29)17-23)20-8-10-22(11-9-20)31-12-14-32(15-13-31)27(34)18-24-7-4-16-37-24/h3-11,16-17,19H,2,12-15,18H2,1H3. The molecule has 7 nitrogen and oxygen atoms in total. The monoisotopic (exact) mass is 518 g/mol. The van der Waals surface area contributed by atoms with Crippen LogP contribution in [0, 0.1) is 5.82 Å². The lowest BCUT2D eigenvalue weighted by Crippen LogP contribution is -2.49. The topological polar surface area (TPSA) is 67.7 Å². The van der Waals surface area contributed by atoms with Crippen LogP contribution in [0.25, 0.3) is 16.9 Å². The van der Waals surface area contributed by atoms with Crippen molar-refractivity contribution < 1.29 is 18.7 Å². The minimum Gasteiger partial charge on any atom is -0.461 e. The van der Waals surface area contributed by atoms with Crippen LogP contribution in [-0.4, -0.2) is 59.3 Å². The highest BCUT2D eigenvalue weighted by atomic mass is 32.1. The van der Waals surface area contributed by atoms with Crippen molar-refractivity contribution in [2.45, 2.75) is 13.3 Å². The van der Waals surface area contributed by atoms with E-state index in [0.717, 1.165) is 29.2 Å². The fourth-order valence-corrected chi connectivity index (χ4v) is 5.12. The minimum atomic E-state index is -0.526. The SMILES string of the molecule is CCOC(=O)c1cc(-c2ccc(N3CCN(C(=O)Cc4cccs4)CC3)cc2)n(-c2cccc(F)c2)n1. The summed E-state index contributed by atoms with van der Waals surface area (Å²) < 4.78 is 20.6. The number of aromatic nitrogens is 2. The fourth-order valence-electron chi connectivity index (χ4n) is 4.43. The second kappa shape index (κ2) is 11.0. The van der Waals surface area contributed by atoms with Crippen molar-refractivity contribution in [1.29, 1.82) is 0 Å². The summed E-state index contributed by atoms with van der Waals surface area (Å²) in [4.78, 5) is 30.3. The summed E-state index contributed by atoms with van der Waals surface area (Å²) in [6, 6.07) is 19.7. The van der Waals surface area contributed by atoms with Crippen molar-refractivity contribution in [3.8, 4) is 16.9 Å². The van der Waals surface area contributed by atoms with E-state index in [9.17, 15) is 14.0 Å². The zero-order valence-corrected chi connectivity index (χ0v) is 21.3. The van der Waals surface area contributed by atoms with Crippen LogP contribution in [0.1, 0.15) is 22.3 Å². The van der Waals surface area contributed by atoms with Gasteiger partial charge in [-0.3, -0.25) is 4.79 Å². The van der Waals surface area contributed by atoms with Gasteiger partial charge in [-0.05, 0) is 54.8 Å². The van der Waals surface area contributed by atoms with Gasteiger partial charge in [0.2, 0.25) is 5.91 Å². The number of amides is 1. The summed E-state index contributed by atoms with van der Waals surface area (Å²) in [5.41, 5.74) is 3.22. The number of carbonyl (C=O) groups is 2. The van der Waals surface area contributed by atoms with Gasteiger partial charge in [-0.15, -0.1) is 11.3 Å². The number of hydrogen-bond donors (Lipinski definition) is 0. The van der Waals surface area contributed by atoms with E-state index in [2.05, 4.69) is 10.00 Å². The van der Waals surface area contributed by atoms with E-state index in [4.69, 9.17) is 4.74 Å². The van der Waals surface area contributed by atoms with Gasteiger partial charge in [-0.25, -0.2) is 13.9 Å². The quantitative estimate of drug-likeness (QED) is 0.329. The van der Waals surface area contributed by atoms with E-state index in [-0.39, 0.29) is 24.0 Å². The first-order chi connectivity index (χ1) is 18.0. The number of piperazine rings is 1. The largest absolute Gasteiger partial charge is 0.461 e. The predicted octanol–water partition coefficient (Wildman–Crippen LogP) is 4.81. The number of carbonyl (C=O) groups excluding carboxylic acids is 2. The second-order valence-corrected chi connectivity index (χ2v) is 9.73. The first-order valence-corrected chi connectivity index (χ1v) is 13.1. The third-order valence-electron chi connectivity index (χ3n) is 6.31. The molecular weight excluding hydrogens is 491 g/mol. The first-order valence-electron chi connectivity index (χ1n) is 12.2. The number of rotatable bonds is 7. The molecule has 5 rings (SSSR count). The third-order valence-corrected chi connectivity index (χ3v) is 7.19.